The van der Waals surface area contributed by atoms with Crippen molar-refractivity contribution in [1.29, 1.82) is 0 Å². The highest BCUT2D eigenvalue weighted by atomic mass is 19.1. The Balaban J connectivity index is 1.82. The van der Waals surface area contributed by atoms with E-state index in [2.05, 4.69) is 5.32 Å². The van der Waals surface area contributed by atoms with E-state index in [1.54, 1.807) is 15.9 Å². The number of benzene rings is 2. The highest BCUT2D eigenvalue weighted by Crippen LogP contribution is 2.31. The third-order valence-corrected chi connectivity index (χ3v) is 4.98. The summed E-state index contributed by atoms with van der Waals surface area (Å²) in [6.45, 7) is 9.54. The Bertz CT molecular complexity index is 936. The molecule has 2 aromatic rings. The van der Waals surface area contributed by atoms with Crippen molar-refractivity contribution in [2.45, 2.75) is 47.1 Å². The number of aryl methyl sites for hydroxylation is 1. The van der Waals surface area contributed by atoms with Crippen LogP contribution in [-0.2, 0) is 11.3 Å². The van der Waals surface area contributed by atoms with Gasteiger partial charge in [-0.2, -0.15) is 0 Å². The average molecular weight is 412 g/mol. The van der Waals surface area contributed by atoms with Crippen molar-refractivity contribution in [2.75, 3.05) is 23.3 Å². The maximum atomic E-state index is 13.5. The van der Waals surface area contributed by atoms with Crippen molar-refractivity contribution in [2.24, 2.45) is 5.41 Å². The quantitative estimate of drug-likeness (QED) is 0.722. The molecular weight excluding hydrogens is 381 g/mol. The summed E-state index contributed by atoms with van der Waals surface area (Å²) in [5, 5.41) is 3.00. The molecule has 30 heavy (non-hydrogen) atoms. The van der Waals surface area contributed by atoms with Crippen LogP contribution in [0.4, 0.5) is 20.6 Å². The van der Waals surface area contributed by atoms with Crippen LogP contribution in [0.1, 0.15) is 44.7 Å². The van der Waals surface area contributed by atoms with Crippen LogP contribution < -0.4 is 10.2 Å². The summed E-state index contributed by atoms with van der Waals surface area (Å²) in [7, 11) is 0. The van der Waals surface area contributed by atoms with Crippen molar-refractivity contribution in [3.8, 4) is 0 Å². The molecule has 1 saturated heterocycles. The van der Waals surface area contributed by atoms with Crippen LogP contribution in [0.3, 0.4) is 0 Å². The van der Waals surface area contributed by atoms with E-state index in [1.807, 2.05) is 52.0 Å². The maximum absolute atomic E-state index is 13.5. The predicted octanol–water partition coefficient (Wildman–Crippen LogP) is 5.34. The molecule has 0 spiro atoms. The Morgan fingerprint density at radius 3 is 2.60 bits per heavy atom. The van der Waals surface area contributed by atoms with Gasteiger partial charge in [0.05, 0.1) is 11.4 Å². The highest BCUT2D eigenvalue weighted by Gasteiger charge is 2.29. The van der Waals surface area contributed by atoms with Crippen LogP contribution >= 0.6 is 0 Å². The summed E-state index contributed by atoms with van der Waals surface area (Å²) in [4.78, 5) is 29.2. The molecule has 1 fully saturated rings. The van der Waals surface area contributed by atoms with Crippen LogP contribution in [0.15, 0.2) is 42.5 Å². The molecule has 3 amide bonds. The van der Waals surface area contributed by atoms with Gasteiger partial charge in [0.15, 0.2) is 0 Å². The summed E-state index contributed by atoms with van der Waals surface area (Å²) < 4.78 is 13.5. The highest BCUT2D eigenvalue weighted by molar-refractivity contribution is 6.01. The topological polar surface area (TPSA) is 52.6 Å². The SMILES string of the molecule is Cc1ccc(N2CCCN(Cc3cccc(F)c3)C2=O)c(NC(=O)CC(C)(C)C)c1. The molecule has 1 heterocycles. The van der Waals surface area contributed by atoms with Crippen molar-refractivity contribution < 1.29 is 14.0 Å². The molecule has 0 radical (unpaired) electrons. The molecule has 1 aliphatic rings. The number of hydrogen-bond donors (Lipinski definition) is 1. The van der Waals surface area contributed by atoms with Gasteiger partial charge in [0.1, 0.15) is 5.82 Å². The van der Waals surface area contributed by atoms with E-state index in [0.717, 1.165) is 17.5 Å². The van der Waals surface area contributed by atoms with E-state index in [9.17, 15) is 14.0 Å². The zero-order valence-corrected chi connectivity index (χ0v) is 18.2. The Kier molecular flexibility index (Phi) is 6.44. The first-order valence-corrected chi connectivity index (χ1v) is 10.3. The minimum atomic E-state index is -0.309. The minimum Gasteiger partial charge on any atom is -0.324 e. The van der Waals surface area contributed by atoms with Gasteiger partial charge >= 0.3 is 6.03 Å². The summed E-state index contributed by atoms with van der Waals surface area (Å²) in [6, 6.07) is 11.9. The Morgan fingerprint density at radius 2 is 1.90 bits per heavy atom. The smallest absolute Gasteiger partial charge is 0.324 e. The average Bonchev–Trinajstić information content (AvgIpc) is 2.62. The molecule has 0 saturated carbocycles. The third-order valence-electron chi connectivity index (χ3n) is 4.98. The van der Waals surface area contributed by atoms with Crippen LogP contribution in [0.25, 0.3) is 0 Å². The number of carbonyl (C=O) groups is 2. The fourth-order valence-electron chi connectivity index (χ4n) is 3.67. The van der Waals surface area contributed by atoms with Crippen molar-refractivity contribution in [3.05, 3.63) is 59.4 Å². The van der Waals surface area contributed by atoms with Crippen LogP contribution in [0.5, 0.6) is 0 Å². The van der Waals surface area contributed by atoms with E-state index < -0.39 is 0 Å². The van der Waals surface area contributed by atoms with Crippen molar-refractivity contribution >= 4 is 23.3 Å². The van der Waals surface area contributed by atoms with Crippen LogP contribution in [-0.4, -0.2) is 29.9 Å². The van der Waals surface area contributed by atoms with Crippen molar-refractivity contribution in [1.82, 2.24) is 4.90 Å². The largest absolute Gasteiger partial charge is 0.324 e. The first-order valence-electron chi connectivity index (χ1n) is 10.3. The lowest BCUT2D eigenvalue weighted by atomic mass is 9.92. The fourth-order valence-corrected chi connectivity index (χ4v) is 3.67. The molecule has 5 nitrogen and oxygen atoms in total. The lowest BCUT2D eigenvalue weighted by Gasteiger charge is -2.36. The number of rotatable bonds is 5. The molecule has 0 unspecified atom stereocenters. The number of halogens is 1. The third kappa shape index (κ3) is 5.59. The Hall–Kier alpha value is -2.89. The second kappa shape index (κ2) is 8.86. The fraction of sp³-hybridized carbons (Fsp3) is 0.417. The van der Waals surface area contributed by atoms with Gasteiger partial charge < -0.3 is 10.2 Å². The van der Waals surface area contributed by atoms with E-state index in [-0.39, 0.29) is 23.2 Å². The molecular formula is C24H30FN3O2. The minimum absolute atomic E-state index is 0.0737. The Morgan fingerprint density at radius 1 is 1.13 bits per heavy atom. The summed E-state index contributed by atoms with van der Waals surface area (Å²) >= 11 is 0. The maximum Gasteiger partial charge on any atom is 0.324 e. The van der Waals surface area contributed by atoms with Crippen LogP contribution in [0.2, 0.25) is 0 Å². The number of amides is 3. The predicted molar refractivity (Wildman–Crippen MR) is 118 cm³/mol. The van der Waals surface area contributed by atoms with Gasteiger partial charge in [-0.15, -0.1) is 0 Å². The number of carbonyl (C=O) groups excluding carboxylic acids is 2. The molecule has 2 aromatic carbocycles. The summed E-state index contributed by atoms with van der Waals surface area (Å²) in [5.41, 5.74) is 2.97. The molecule has 160 valence electrons. The zero-order valence-electron chi connectivity index (χ0n) is 18.2. The van der Waals surface area contributed by atoms with Gasteiger partial charge in [-0.1, -0.05) is 39.0 Å². The van der Waals surface area contributed by atoms with E-state index in [0.29, 0.717) is 37.4 Å². The number of nitrogens with zero attached hydrogens (tertiary/aromatic N) is 2. The molecule has 0 atom stereocenters. The van der Waals surface area contributed by atoms with Crippen molar-refractivity contribution in [3.63, 3.8) is 0 Å². The van der Waals surface area contributed by atoms with Crippen LogP contribution in [0, 0.1) is 18.2 Å². The number of nitrogens with one attached hydrogen (secondary N) is 1. The van der Waals surface area contributed by atoms with E-state index >= 15 is 0 Å². The number of hydrogen-bond acceptors (Lipinski definition) is 2. The lowest BCUT2D eigenvalue weighted by Crippen LogP contribution is -2.49. The molecule has 0 aliphatic carbocycles. The van der Waals surface area contributed by atoms with Gasteiger partial charge in [0.2, 0.25) is 5.91 Å². The number of urea groups is 1. The van der Waals surface area contributed by atoms with Gasteiger partial charge in [-0.05, 0) is 54.2 Å². The second-order valence-electron chi connectivity index (χ2n) is 9.15. The molecule has 6 heteroatoms. The van der Waals surface area contributed by atoms with E-state index in [1.165, 1.54) is 12.1 Å². The van der Waals surface area contributed by atoms with Gasteiger partial charge in [-0.3, -0.25) is 9.69 Å². The monoisotopic (exact) mass is 411 g/mol. The van der Waals surface area contributed by atoms with E-state index in [4.69, 9.17) is 0 Å². The lowest BCUT2D eigenvalue weighted by molar-refractivity contribution is -0.117. The summed E-state index contributed by atoms with van der Waals surface area (Å²) in [5.74, 6) is -0.383. The number of anilines is 2. The molecule has 0 aromatic heterocycles. The standard InChI is InChI=1S/C24H30FN3O2/c1-17-9-10-21(20(13-17)26-22(29)15-24(2,3)4)28-12-6-11-27(23(28)30)16-18-7-5-8-19(25)14-18/h5,7-10,13-14H,6,11-12,15-16H2,1-4H3,(H,26,29). The van der Waals surface area contributed by atoms with Gasteiger partial charge in [-0.25, -0.2) is 9.18 Å². The molecule has 1 aliphatic heterocycles. The molecule has 0 bridgehead atoms. The summed E-state index contributed by atoms with van der Waals surface area (Å²) in [6.07, 6.45) is 1.18. The second-order valence-corrected chi connectivity index (χ2v) is 9.15. The van der Waals surface area contributed by atoms with Gasteiger partial charge in [0, 0.05) is 26.1 Å². The Labute approximate surface area is 177 Å². The zero-order chi connectivity index (χ0) is 21.9. The normalized spacial score (nSPS) is 14.8. The first kappa shape index (κ1) is 21.8. The first-order chi connectivity index (χ1) is 14.1. The van der Waals surface area contributed by atoms with Gasteiger partial charge in [0.25, 0.3) is 0 Å². The molecule has 1 N–H and O–H groups in total. The molecule has 3 rings (SSSR count).